The predicted molar refractivity (Wildman–Crippen MR) is 118 cm³/mol. The van der Waals surface area contributed by atoms with Crippen LogP contribution in [-0.2, 0) is 0 Å². The zero-order chi connectivity index (χ0) is 17.5. The summed E-state index contributed by atoms with van der Waals surface area (Å²) in [7, 11) is 0. The van der Waals surface area contributed by atoms with E-state index in [4.69, 9.17) is 0 Å². The summed E-state index contributed by atoms with van der Waals surface area (Å²) in [5.74, 6) is 0. The second-order valence-corrected chi connectivity index (χ2v) is 8.30. The Balaban J connectivity index is 1.82. The summed E-state index contributed by atoms with van der Waals surface area (Å²) >= 11 is 5.49. The van der Waals surface area contributed by atoms with Gasteiger partial charge in [-0.25, -0.2) is 0 Å². The van der Waals surface area contributed by atoms with Crippen molar-refractivity contribution in [2.75, 3.05) is 0 Å². The maximum Gasteiger partial charge on any atom is 0.0434 e. The lowest BCUT2D eigenvalue weighted by Crippen LogP contribution is -1.85. The van der Waals surface area contributed by atoms with Gasteiger partial charge in [-0.1, -0.05) is 88.7 Å². The van der Waals surface area contributed by atoms with Crippen molar-refractivity contribution in [1.29, 1.82) is 0 Å². The molecule has 0 aliphatic carbocycles. The summed E-state index contributed by atoms with van der Waals surface area (Å²) in [6, 6.07) is 32.5. The molecule has 0 fully saturated rings. The predicted octanol–water partition coefficient (Wildman–Crippen LogP) is 8.15. The molecule has 5 rings (SSSR count). The Labute approximate surface area is 164 Å². The van der Waals surface area contributed by atoms with Crippen LogP contribution in [0.4, 0.5) is 0 Å². The molecule has 0 aliphatic rings. The number of thiophene rings is 1. The van der Waals surface area contributed by atoms with Crippen LogP contribution in [0.25, 0.3) is 42.4 Å². The van der Waals surface area contributed by atoms with E-state index in [1.807, 2.05) is 11.3 Å². The van der Waals surface area contributed by atoms with Crippen LogP contribution >= 0.6 is 27.3 Å². The highest BCUT2D eigenvalue weighted by Gasteiger charge is 2.13. The molecule has 0 nitrogen and oxygen atoms in total. The molecule has 0 spiro atoms. The van der Waals surface area contributed by atoms with Crippen LogP contribution in [-0.4, -0.2) is 0 Å². The first-order valence-electron chi connectivity index (χ1n) is 8.57. The number of rotatable bonds is 2. The Hall–Kier alpha value is -2.42. The van der Waals surface area contributed by atoms with Gasteiger partial charge in [0.1, 0.15) is 0 Å². The van der Waals surface area contributed by atoms with Gasteiger partial charge in [0.05, 0.1) is 0 Å². The molecule has 0 saturated carbocycles. The number of hydrogen-bond donors (Lipinski definition) is 0. The third-order valence-electron chi connectivity index (χ3n) is 4.76. The Morgan fingerprint density at radius 1 is 0.577 bits per heavy atom. The van der Waals surface area contributed by atoms with Crippen LogP contribution < -0.4 is 0 Å². The summed E-state index contributed by atoms with van der Waals surface area (Å²) in [5, 5.41) is 2.68. The third-order valence-corrected chi connectivity index (χ3v) is 6.47. The van der Waals surface area contributed by atoms with Gasteiger partial charge in [0.25, 0.3) is 0 Å². The summed E-state index contributed by atoms with van der Waals surface area (Å²) in [6.07, 6.45) is 0. The first-order chi connectivity index (χ1) is 12.8. The lowest BCUT2D eigenvalue weighted by Gasteiger charge is -2.11. The molecule has 1 heterocycles. The van der Waals surface area contributed by atoms with Crippen LogP contribution in [0.15, 0.2) is 95.5 Å². The first kappa shape index (κ1) is 15.8. The molecule has 4 aromatic carbocycles. The van der Waals surface area contributed by atoms with E-state index in [2.05, 4.69) is 107 Å². The lowest BCUT2D eigenvalue weighted by molar-refractivity contribution is 1.58. The Kier molecular flexibility index (Phi) is 3.88. The summed E-state index contributed by atoms with van der Waals surface area (Å²) in [6.45, 7) is 0. The molecule has 0 N–H and O–H groups in total. The van der Waals surface area contributed by atoms with Crippen molar-refractivity contribution < 1.29 is 0 Å². The number of hydrogen-bond acceptors (Lipinski definition) is 1. The van der Waals surface area contributed by atoms with Gasteiger partial charge in [-0.2, -0.15) is 0 Å². The van der Waals surface area contributed by atoms with Gasteiger partial charge in [0.15, 0.2) is 0 Å². The minimum atomic E-state index is 1.10. The quantitative estimate of drug-likeness (QED) is 0.273. The van der Waals surface area contributed by atoms with Crippen molar-refractivity contribution in [3.05, 3.63) is 95.5 Å². The second kappa shape index (κ2) is 6.39. The molecule has 5 aromatic rings. The molecule has 0 atom stereocenters. The minimum absolute atomic E-state index is 1.10. The molecule has 0 bridgehead atoms. The van der Waals surface area contributed by atoms with Gasteiger partial charge in [-0.3, -0.25) is 0 Å². The summed E-state index contributed by atoms with van der Waals surface area (Å²) < 4.78 is 3.80. The fourth-order valence-corrected chi connectivity index (χ4v) is 5.21. The van der Waals surface area contributed by atoms with Gasteiger partial charge >= 0.3 is 0 Å². The molecule has 0 amide bonds. The van der Waals surface area contributed by atoms with E-state index < -0.39 is 0 Å². The van der Waals surface area contributed by atoms with E-state index in [-0.39, 0.29) is 0 Å². The van der Waals surface area contributed by atoms with Crippen molar-refractivity contribution in [2.24, 2.45) is 0 Å². The average molecular weight is 415 g/mol. The fourth-order valence-electron chi connectivity index (χ4n) is 3.58. The van der Waals surface area contributed by atoms with Crippen molar-refractivity contribution in [1.82, 2.24) is 0 Å². The molecule has 124 valence electrons. The van der Waals surface area contributed by atoms with E-state index in [0.717, 1.165) is 4.47 Å². The summed E-state index contributed by atoms with van der Waals surface area (Å²) in [5.41, 5.74) is 5.08. The monoisotopic (exact) mass is 414 g/mol. The normalized spacial score (nSPS) is 11.3. The number of fused-ring (bicyclic) bond motifs is 3. The molecule has 0 saturated heterocycles. The molecule has 1 aromatic heterocycles. The highest BCUT2D eigenvalue weighted by Crippen LogP contribution is 2.42. The molecule has 0 radical (unpaired) electrons. The van der Waals surface area contributed by atoms with Crippen molar-refractivity contribution in [2.45, 2.75) is 0 Å². The molecule has 0 aliphatic heterocycles. The van der Waals surface area contributed by atoms with E-state index in [0.29, 0.717) is 0 Å². The highest BCUT2D eigenvalue weighted by atomic mass is 79.9. The van der Waals surface area contributed by atoms with Crippen LogP contribution in [0, 0.1) is 0 Å². The standard InChI is InChI=1S/C24H15BrS/c25-17-8-5-7-16(15-17)18-9-1-2-10-19(18)21-12-6-13-22-20-11-3-4-14-23(20)26-24(21)22/h1-15H. The zero-order valence-corrected chi connectivity index (χ0v) is 16.3. The molecule has 0 unspecified atom stereocenters. The molecule has 26 heavy (non-hydrogen) atoms. The van der Waals surface area contributed by atoms with E-state index in [1.54, 1.807) is 0 Å². The minimum Gasteiger partial charge on any atom is -0.135 e. The SMILES string of the molecule is Brc1cccc(-c2ccccc2-c2cccc3c2sc2ccccc23)c1. The second-order valence-electron chi connectivity index (χ2n) is 6.34. The first-order valence-corrected chi connectivity index (χ1v) is 10.2. The average Bonchev–Trinajstić information content (AvgIpc) is 3.07. The van der Waals surface area contributed by atoms with Crippen LogP contribution in [0.3, 0.4) is 0 Å². The largest absolute Gasteiger partial charge is 0.135 e. The maximum atomic E-state index is 3.61. The topological polar surface area (TPSA) is 0 Å². The van der Waals surface area contributed by atoms with Gasteiger partial charge in [0, 0.05) is 30.2 Å². The highest BCUT2D eigenvalue weighted by molar-refractivity contribution is 9.10. The Morgan fingerprint density at radius 3 is 2.15 bits per heavy atom. The van der Waals surface area contributed by atoms with Crippen LogP contribution in [0.5, 0.6) is 0 Å². The number of halogens is 1. The van der Waals surface area contributed by atoms with E-state index in [1.165, 1.54) is 42.4 Å². The number of benzene rings is 4. The fraction of sp³-hybridized carbons (Fsp3) is 0. The third kappa shape index (κ3) is 2.57. The smallest absolute Gasteiger partial charge is 0.0434 e. The van der Waals surface area contributed by atoms with Gasteiger partial charge in [-0.05, 0) is 34.9 Å². The van der Waals surface area contributed by atoms with Crippen molar-refractivity contribution in [3.63, 3.8) is 0 Å². The van der Waals surface area contributed by atoms with E-state index in [9.17, 15) is 0 Å². The van der Waals surface area contributed by atoms with Crippen LogP contribution in [0.2, 0.25) is 0 Å². The molecular weight excluding hydrogens is 400 g/mol. The Morgan fingerprint density at radius 2 is 1.27 bits per heavy atom. The Bertz CT molecular complexity index is 1250. The molecular formula is C24H15BrS. The summed E-state index contributed by atoms with van der Waals surface area (Å²) in [4.78, 5) is 0. The van der Waals surface area contributed by atoms with Crippen LogP contribution in [0.1, 0.15) is 0 Å². The maximum absolute atomic E-state index is 3.61. The van der Waals surface area contributed by atoms with Gasteiger partial charge < -0.3 is 0 Å². The van der Waals surface area contributed by atoms with E-state index >= 15 is 0 Å². The zero-order valence-electron chi connectivity index (χ0n) is 13.9. The van der Waals surface area contributed by atoms with Crippen molar-refractivity contribution in [3.8, 4) is 22.3 Å². The molecule has 2 heteroatoms. The van der Waals surface area contributed by atoms with Crippen molar-refractivity contribution >= 4 is 47.4 Å². The lowest BCUT2D eigenvalue weighted by atomic mass is 9.94. The van der Waals surface area contributed by atoms with Gasteiger partial charge in [-0.15, -0.1) is 11.3 Å². The van der Waals surface area contributed by atoms with Gasteiger partial charge in [0.2, 0.25) is 0 Å².